The molecule has 0 spiro atoms. The molecule has 0 aliphatic carbocycles. The van der Waals surface area contributed by atoms with Gasteiger partial charge in [-0.2, -0.15) is 0 Å². The Morgan fingerprint density at radius 2 is 1.82 bits per heavy atom. The number of hydrogen-bond donors (Lipinski definition) is 0. The summed E-state index contributed by atoms with van der Waals surface area (Å²) in [5.41, 5.74) is 0. The molecule has 0 N–H and O–H groups in total. The first-order valence-electron chi connectivity index (χ1n) is 3.18. The fourth-order valence-corrected chi connectivity index (χ4v) is 1.70. The van der Waals surface area contributed by atoms with Gasteiger partial charge in [-0.1, -0.05) is 18.2 Å². The first-order valence-corrected chi connectivity index (χ1v) is 4.06. The topological polar surface area (TPSA) is 17.1 Å². The molecule has 1 aromatic heterocycles. The fourth-order valence-electron chi connectivity index (χ4n) is 0.906. The zero-order valence-electron chi connectivity index (χ0n) is 5.99. The highest BCUT2D eigenvalue weighted by molar-refractivity contribution is 7.17. The summed E-state index contributed by atoms with van der Waals surface area (Å²) in [4.78, 5) is 8.00. The number of carbonyl (C=O) groups is 1. The molecular formula is C9H8OS. The standard InChI is InChI=1S/C8H6S.CH2O/c1-2-4-8-7(3-1)5-6-9-8;1-2/h1-6H;1H2. The smallest absolute Gasteiger partial charge is 0.106 e. The van der Waals surface area contributed by atoms with Crippen LogP contribution in [0, 0.1) is 0 Å². The normalized spacial score (nSPS) is 8.73. The summed E-state index contributed by atoms with van der Waals surface area (Å²) in [7, 11) is 0. The van der Waals surface area contributed by atoms with Crippen molar-refractivity contribution in [2.45, 2.75) is 0 Å². The molecule has 2 rings (SSSR count). The largest absolute Gasteiger partial charge is 0.307 e. The lowest BCUT2D eigenvalue weighted by Crippen LogP contribution is -1.56. The Balaban J connectivity index is 0.000000281. The molecule has 0 unspecified atom stereocenters. The monoisotopic (exact) mass is 164 g/mol. The summed E-state index contributed by atoms with van der Waals surface area (Å²) < 4.78 is 1.37. The van der Waals surface area contributed by atoms with Gasteiger partial charge in [-0.3, -0.25) is 0 Å². The Bertz CT molecular complexity index is 297. The van der Waals surface area contributed by atoms with E-state index >= 15 is 0 Å². The molecule has 0 fully saturated rings. The van der Waals surface area contributed by atoms with E-state index in [9.17, 15) is 0 Å². The van der Waals surface area contributed by atoms with Gasteiger partial charge in [-0.15, -0.1) is 11.3 Å². The van der Waals surface area contributed by atoms with Gasteiger partial charge in [0.1, 0.15) is 6.79 Å². The van der Waals surface area contributed by atoms with Gasteiger partial charge in [0.05, 0.1) is 0 Å². The third kappa shape index (κ3) is 1.65. The van der Waals surface area contributed by atoms with Gasteiger partial charge in [-0.25, -0.2) is 0 Å². The lowest BCUT2D eigenvalue weighted by molar-refractivity contribution is -0.0979. The Hall–Kier alpha value is -1.15. The summed E-state index contributed by atoms with van der Waals surface area (Å²) in [5, 5.41) is 3.47. The maximum Gasteiger partial charge on any atom is 0.106 e. The van der Waals surface area contributed by atoms with Crippen LogP contribution in [0.25, 0.3) is 10.1 Å². The predicted octanol–water partition coefficient (Wildman–Crippen LogP) is 2.72. The lowest BCUT2D eigenvalue weighted by atomic mass is 10.3. The van der Waals surface area contributed by atoms with Gasteiger partial charge >= 0.3 is 0 Å². The molecule has 0 amide bonds. The average Bonchev–Trinajstić information content (AvgIpc) is 2.55. The summed E-state index contributed by atoms with van der Waals surface area (Å²) in [6.07, 6.45) is 0. The van der Waals surface area contributed by atoms with E-state index in [1.807, 2.05) is 6.79 Å². The van der Waals surface area contributed by atoms with Crippen LogP contribution < -0.4 is 0 Å². The molecule has 2 aromatic rings. The minimum atomic E-state index is 1.35. The molecule has 56 valence electrons. The third-order valence-corrected chi connectivity index (χ3v) is 2.26. The molecule has 2 heteroatoms. The number of thiophene rings is 1. The van der Waals surface area contributed by atoms with E-state index in [1.54, 1.807) is 11.3 Å². The van der Waals surface area contributed by atoms with Crippen LogP contribution in [0.4, 0.5) is 0 Å². The molecule has 0 radical (unpaired) electrons. The molecule has 0 saturated heterocycles. The molecule has 1 aromatic carbocycles. The number of benzene rings is 1. The Kier molecular flexibility index (Phi) is 2.81. The van der Waals surface area contributed by atoms with E-state index in [2.05, 4.69) is 35.7 Å². The fraction of sp³-hybridized carbons (Fsp3) is 0. The summed E-state index contributed by atoms with van der Waals surface area (Å²) in [5.74, 6) is 0. The van der Waals surface area contributed by atoms with Crippen molar-refractivity contribution >= 4 is 28.2 Å². The summed E-state index contributed by atoms with van der Waals surface area (Å²) in [6.45, 7) is 2.00. The molecule has 1 heterocycles. The lowest BCUT2D eigenvalue weighted by Gasteiger charge is -1.82. The summed E-state index contributed by atoms with van der Waals surface area (Å²) >= 11 is 1.79. The van der Waals surface area contributed by atoms with Crippen molar-refractivity contribution in [1.82, 2.24) is 0 Å². The molecule has 0 bridgehead atoms. The van der Waals surface area contributed by atoms with Gasteiger partial charge in [0.25, 0.3) is 0 Å². The van der Waals surface area contributed by atoms with E-state index in [0.29, 0.717) is 0 Å². The highest BCUT2D eigenvalue weighted by Crippen LogP contribution is 2.18. The van der Waals surface area contributed by atoms with Crippen molar-refractivity contribution in [1.29, 1.82) is 0 Å². The van der Waals surface area contributed by atoms with Crippen molar-refractivity contribution in [2.24, 2.45) is 0 Å². The number of carbonyl (C=O) groups excluding carboxylic acids is 1. The van der Waals surface area contributed by atoms with E-state index in [1.165, 1.54) is 10.1 Å². The van der Waals surface area contributed by atoms with Crippen LogP contribution in [0.15, 0.2) is 35.7 Å². The van der Waals surface area contributed by atoms with Crippen molar-refractivity contribution in [2.75, 3.05) is 0 Å². The van der Waals surface area contributed by atoms with Crippen LogP contribution in [-0.2, 0) is 4.79 Å². The molecule has 0 atom stereocenters. The SMILES string of the molecule is C=O.c1ccc2sccc2c1. The zero-order valence-corrected chi connectivity index (χ0v) is 6.80. The van der Waals surface area contributed by atoms with Crippen LogP contribution >= 0.6 is 11.3 Å². The second-order valence-corrected chi connectivity index (χ2v) is 2.91. The van der Waals surface area contributed by atoms with Gasteiger partial charge < -0.3 is 4.79 Å². The van der Waals surface area contributed by atoms with E-state index in [-0.39, 0.29) is 0 Å². The Morgan fingerprint density at radius 1 is 1.09 bits per heavy atom. The van der Waals surface area contributed by atoms with E-state index in [0.717, 1.165) is 0 Å². The minimum Gasteiger partial charge on any atom is -0.307 e. The Morgan fingerprint density at radius 3 is 2.55 bits per heavy atom. The zero-order chi connectivity index (χ0) is 8.10. The highest BCUT2D eigenvalue weighted by atomic mass is 32.1. The van der Waals surface area contributed by atoms with Crippen LogP contribution in [0.5, 0.6) is 0 Å². The second-order valence-electron chi connectivity index (χ2n) is 1.96. The first kappa shape index (κ1) is 7.95. The molecule has 11 heavy (non-hydrogen) atoms. The molecule has 0 saturated carbocycles. The maximum absolute atomic E-state index is 8.00. The molecule has 0 aliphatic heterocycles. The van der Waals surface area contributed by atoms with Crippen LogP contribution in [-0.4, -0.2) is 6.79 Å². The van der Waals surface area contributed by atoms with Crippen LogP contribution in [0.3, 0.4) is 0 Å². The van der Waals surface area contributed by atoms with Crippen molar-refractivity contribution in [3.63, 3.8) is 0 Å². The minimum absolute atomic E-state index is 1.35. The van der Waals surface area contributed by atoms with Gasteiger partial charge in [-0.05, 0) is 22.9 Å². The van der Waals surface area contributed by atoms with Crippen molar-refractivity contribution in [3.05, 3.63) is 35.7 Å². The van der Waals surface area contributed by atoms with E-state index < -0.39 is 0 Å². The molecular weight excluding hydrogens is 156 g/mol. The predicted molar refractivity (Wildman–Crippen MR) is 48.9 cm³/mol. The first-order chi connectivity index (χ1) is 5.47. The van der Waals surface area contributed by atoms with Crippen molar-refractivity contribution in [3.8, 4) is 0 Å². The number of hydrogen-bond acceptors (Lipinski definition) is 2. The van der Waals surface area contributed by atoms with Crippen LogP contribution in [0.2, 0.25) is 0 Å². The highest BCUT2D eigenvalue weighted by Gasteiger charge is 1.87. The van der Waals surface area contributed by atoms with Gasteiger partial charge in [0.2, 0.25) is 0 Å². The van der Waals surface area contributed by atoms with Crippen LogP contribution in [0.1, 0.15) is 0 Å². The molecule has 1 nitrogen and oxygen atoms in total. The maximum atomic E-state index is 8.00. The second kappa shape index (κ2) is 3.88. The van der Waals surface area contributed by atoms with Gasteiger partial charge in [0, 0.05) is 4.70 Å². The van der Waals surface area contributed by atoms with E-state index in [4.69, 9.17) is 4.79 Å². The Labute approximate surface area is 69.3 Å². The number of rotatable bonds is 0. The van der Waals surface area contributed by atoms with Crippen molar-refractivity contribution < 1.29 is 4.79 Å². The summed E-state index contributed by atoms with van der Waals surface area (Å²) in [6, 6.07) is 10.5. The number of fused-ring (bicyclic) bond motifs is 1. The average molecular weight is 164 g/mol. The third-order valence-electron chi connectivity index (χ3n) is 1.36. The molecule has 0 aliphatic rings. The van der Waals surface area contributed by atoms with Gasteiger partial charge in [0.15, 0.2) is 0 Å². The quantitative estimate of drug-likeness (QED) is 0.585.